The van der Waals surface area contributed by atoms with Crippen molar-refractivity contribution in [3.8, 4) is 5.75 Å². The van der Waals surface area contributed by atoms with Crippen LogP contribution >= 0.6 is 0 Å². The molecular weight excluding hydrogens is 236 g/mol. The monoisotopic (exact) mass is 260 g/mol. The van der Waals surface area contributed by atoms with Crippen molar-refractivity contribution < 1.29 is 9.84 Å². The fourth-order valence-electron chi connectivity index (χ4n) is 3.61. The fourth-order valence-corrected chi connectivity index (χ4v) is 3.61. The molecule has 0 aromatic heterocycles. The van der Waals surface area contributed by atoms with Crippen molar-refractivity contribution in [3.05, 3.63) is 29.8 Å². The lowest BCUT2D eigenvalue weighted by atomic mass is 9.82. The molecule has 19 heavy (non-hydrogen) atoms. The Morgan fingerprint density at radius 3 is 2.53 bits per heavy atom. The van der Waals surface area contributed by atoms with Crippen LogP contribution in [0, 0.1) is 11.8 Å². The van der Waals surface area contributed by atoms with Crippen LogP contribution in [-0.2, 0) is 6.42 Å². The summed E-state index contributed by atoms with van der Waals surface area (Å²) in [5, 5.41) is 10.7. The Morgan fingerprint density at radius 2 is 1.74 bits per heavy atom. The van der Waals surface area contributed by atoms with Gasteiger partial charge < -0.3 is 9.84 Å². The molecule has 2 unspecified atom stereocenters. The molecule has 0 radical (unpaired) electrons. The van der Waals surface area contributed by atoms with Crippen molar-refractivity contribution in [2.24, 2.45) is 11.8 Å². The van der Waals surface area contributed by atoms with Crippen LogP contribution in [0.5, 0.6) is 5.75 Å². The van der Waals surface area contributed by atoms with Gasteiger partial charge in [0.2, 0.25) is 0 Å². The highest BCUT2D eigenvalue weighted by atomic mass is 16.5. The van der Waals surface area contributed by atoms with Crippen LogP contribution in [0.25, 0.3) is 0 Å². The predicted octanol–water partition coefficient (Wildman–Crippen LogP) is 3.57. The summed E-state index contributed by atoms with van der Waals surface area (Å²) in [5.74, 6) is 1.77. The van der Waals surface area contributed by atoms with Crippen molar-refractivity contribution >= 4 is 0 Å². The Labute approximate surface area is 115 Å². The van der Waals surface area contributed by atoms with Gasteiger partial charge in [0.15, 0.2) is 0 Å². The molecule has 1 aromatic rings. The second-order valence-electron chi connectivity index (χ2n) is 6.13. The molecule has 2 atom stereocenters. The number of para-hydroxylation sites is 1. The first-order valence-electron chi connectivity index (χ1n) is 7.73. The first-order chi connectivity index (χ1) is 9.34. The lowest BCUT2D eigenvalue weighted by molar-refractivity contribution is 0.0155. The molecule has 3 rings (SSSR count). The number of benzene rings is 1. The van der Waals surface area contributed by atoms with Crippen LogP contribution in [0.4, 0.5) is 0 Å². The maximum absolute atomic E-state index is 10.7. The highest BCUT2D eigenvalue weighted by Gasteiger charge is 2.31. The van der Waals surface area contributed by atoms with Gasteiger partial charge >= 0.3 is 0 Å². The Kier molecular flexibility index (Phi) is 4.07. The van der Waals surface area contributed by atoms with Crippen LogP contribution in [0.3, 0.4) is 0 Å². The van der Waals surface area contributed by atoms with E-state index in [0.29, 0.717) is 12.5 Å². The van der Waals surface area contributed by atoms with E-state index in [1.54, 1.807) is 0 Å². The van der Waals surface area contributed by atoms with Crippen LogP contribution in [0.1, 0.15) is 44.1 Å². The summed E-state index contributed by atoms with van der Waals surface area (Å²) in [7, 11) is 0. The molecule has 1 fully saturated rings. The Hall–Kier alpha value is -1.02. The van der Waals surface area contributed by atoms with E-state index in [2.05, 4.69) is 12.1 Å². The molecule has 1 aliphatic heterocycles. The fraction of sp³-hybridized carbons (Fsp3) is 0.647. The standard InChI is InChI=1S/C17H24O2/c18-17(13-7-3-1-2-4-8-13)15-11-14-9-5-6-10-16(14)19-12-15/h5-6,9-10,13,15,17-18H,1-4,7-8,11-12H2. The quantitative estimate of drug-likeness (QED) is 0.824. The van der Waals surface area contributed by atoms with E-state index in [9.17, 15) is 5.11 Å². The zero-order valence-electron chi connectivity index (χ0n) is 11.6. The van der Waals surface area contributed by atoms with E-state index >= 15 is 0 Å². The molecule has 0 bridgehead atoms. The lowest BCUT2D eigenvalue weighted by Gasteiger charge is -2.33. The minimum absolute atomic E-state index is 0.188. The van der Waals surface area contributed by atoms with Gasteiger partial charge in [0, 0.05) is 5.92 Å². The molecular formula is C17H24O2. The van der Waals surface area contributed by atoms with E-state index in [4.69, 9.17) is 4.74 Å². The Morgan fingerprint density at radius 1 is 1.00 bits per heavy atom. The average Bonchev–Trinajstić information content (AvgIpc) is 2.75. The van der Waals surface area contributed by atoms with E-state index in [0.717, 1.165) is 12.2 Å². The van der Waals surface area contributed by atoms with Crippen molar-refractivity contribution in [2.75, 3.05) is 6.61 Å². The maximum atomic E-state index is 10.7. The van der Waals surface area contributed by atoms with E-state index < -0.39 is 0 Å². The Bertz CT molecular complexity index is 407. The lowest BCUT2D eigenvalue weighted by Crippen LogP contribution is -2.36. The molecule has 0 amide bonds. The third-order valence-corrected chi connectivity index (χ3v) is 4.77. The maximum Gasteiger partial charge on any atom is 0.122 e. The average molecular weight is 260 g/mol. The van der Waals surface area contributed by atoms with Gasteiger partial charge in [0.1, 0.15) is 5.75 Å². The summed E-state index contributed by atoms with van der Waals surface area (Å²) in [4.78, 5) is 0. The smallest absolute Gasteiger partial charge is 0.122 e. The molecule has 1 heterocycles. The molecule has 1 N–H and O–H groups in total. The minimum atomic E-state index is -0.188. The van der Waals surface area contributed by atoms with Crippen LogP contribution < -0.4 is 4.74 Å². The number of aliphatic hydroxyl groups is 1. The van der Waals surface area contributed by atoms with Crippen LogP contribution in [-0.4, -0.2) is 17.8 Å². The first kappa shape index (κ1) is 13.0. The van der Waals surface area contributed by atoms with E-state index in [-0.39, 0.29) is 12.0 Å². The van der Waals surface area contributed by atoms with Gasteiger partial charge in [-0.15, -0.1) is 0 Å². The number of hydrogen-bond donors (Lipinski definition) is 1. The second-order valence-corrected chi connectivity index (χ2v) is 6.13. The third kappa shape index (κ3) is 2.94. The van der Waals surface area contributed by atoms with Crippen molar-refractivity contribution in [1.82, 2.24) is 0 Å². The number of aliphatic hydroxyl groups excluding tert-OH is 1. The van der Waals surface area contributed by atoms with Gasteiger partial charge in [-0.25, -0.2) is 0 Å². The molecule has 0 saturated heterocycles. The number of hydrogen-bond acceptors (Lipinski definition) is 2. The third-order valence-electron chi connectivity index (χ3n) is 4.77. The molecule has 2 aliphatic rings. The predicted molar refractivity (Wildman–Crippen MR) is 76.3 cm³/mol. The zero-order valence-corrected chi connectivity index (χ0v) is 11.6. The van der Waals surface area contributed by atoms with Gasteiger partial charge in [0.05, 0.1) is 12.7 Å². The summed E-state index contributed by atoms with van der Waals surface area (Å²) >= 11 is 0. The normalized spacial score (nSPS) is 26.1. The highest BCUT2D eigenvalue weighted by molar-refractivity contribution is 5.35. The first-order valence-corrected chi connectivity index (χ1v) is 7.73. The molecule has 0 spiro atoms. The van der Waals surface area contributed by atoms with Crippen molar-refractivity contribution in [2.45, 2.75) is 51.0 Å². The second kappa shape index (κ2) is 5.96. The van der Waals surface area contributed by atoms with E-state index in [1.807, 2.05) is 12.1 Å². The van der Waals surface area contributed by atoms with Gasteiger partial charge in [0.25, 0.3) is 0 Å². The minimum Gasteiger partial charge on any atom is -0.493 e. The molecule has 1 aliphatic carbocycles. The summed E-state index contributed by atoms with van der Waals surface area (Å²) in [5.41, 5.74) is 1.26. The Balaban J connectivity index is 1.66. The number of rotatable bonds is 2. The largest absolute Gasteiger partial charge is 0.493 e. The summed E-state index contributed by atoms with van der Waals surface area (Å²) in [6.45, 7) is 0.675. The van der Waals surface area contributed by atoms with Gasteiger partial charge in [-0.2, -0.15) is 0 Å². The number of fused-ring (bicyclic) bond motifs is 1. The summed E-state index contributed by atoms with van der Waals surface area (Å²) < 4.78 is 5.82. The molecule has 1 saturated carbocycles. The van der Waals surface area contributed by atoms with Crippen LogP contribution in [0.2, 0.25) is 0 Å². The molecule has 104 valence electrons. The molecule has 2 nitrogen and oxygen atoms in total. The number of ether oxygens (including phenoxy) is 1. The SMILES string of the molecule is OC(C1CCCCCC1)C1COc2ccccc2C1. The summed E-state index contributed by atoms with van der Waals surface area (Å²) in [6, 6.07) is 8.23. The van der Waals surface area contributed by atoms with Gasteiger partial charge in [-0.1, -0.05) is 43.9 Å². The van der Waals surface area contributed by atoms with E-state index in [1.165, 1.54) is 44.1 Å². The van der Waals surface area contributed by atoms with Gasteiger partial charge in [-0.3, -0.25) is 0 Å². The topological polar surface area (TPSA) is 29.5 Å². The van der Waals surface area contributed by atoms with Crippen molar-refractivity contribution in [1.29, 1.82) is 0 Å². The molecule has 1 aromatic carbocycles. The van der Waals surface area contributed by atoms with Crippen LogP contribution in [0.15, 0.2) is 24.3 Å². The summed E-state index contributed by atoms with van der Waals surface area (Å²) in [6.07, 6.45) is 8.41. The van der Waals surface area contributed by atoms with Gasteiger partial charge in [-0.05, 0) is 36.8 Å². The highest BCUT2D eigenvalue weighted by Crippen LogP contribution is 2.34. The molecule has 2 heteroatoms. The van der Waals surface area contributed by atoms with Crippen molar-refractivity contribution in [3.63, 3.8) is 0 Å². The zero-order chi connectivity index (χ0) is 13.1.